The van der Waals surface area contributed by atoms with Gasteiger partial charge in [0.25, 0.3) is 0 Å². The Labute approximate surface area is 132 Å². The van der Waals surface area contributed by atoms with Crippen molar-refractivity contribution in [2.24, 2.45) is 11.7 Å². The maximum atomic E-state index is 12.1. The average molecular weight is 362 g/mol. The molecule has 1 heterocycles. The quantitative estimate of drug-likeness (QED) is 0.866. The number of halogens is 2. The molecule has 1 amide bonds. The van der Waals surface area contributed by atoms with Crippen LogP contribution < -0.4 is 11.1 Å². The number of nitrogens with one attached hydrogen (secondary N) is 1. The van der Waals surface area contributed by atoms with Gasteiger partial charge in [0.15, 0.2) is 0 Å². The Morgan fingerprint density at radius 3 is 2.85 bits per heavy atom. The molecule has 1 unspecified atom stereocenters. The van der Waals surface area contributed by atoms with E-state index in [1.807, 2.05) is 12.1 Å². The highest BCUT2D eigenvalue weighted by Gasteiger charge is 2.26. The number of ether oxygens (including phenoxy) is 1. The molecule has 0 aromatic heterocycles. The van der Waals surface area contributed by atoms with Gasteiger partial charge in [0, 0.05) is 29.3 Å². The first-order valence-electron chi connectivity index (χ1n) is 6.63. The number of benzene rings is 1. The first-order valence-corrected chi connectivity index (χ1v) is 7.80. The smallest absolute Gasteiger partial charge is 0.237 e. The fourth-order valence-corrected chi connectivity index (χ4v) is 2.99. The Kier molecular flexibility index (Phi) is 5.84. The summed E-state index contributed by atoms with van der Waals surface area (Å²) in [5.74, 6) is 0.0695. The third-order valence-corrected chi connectivity index (χ3v) is 4.39. The van der Waals surface area contributed by atoms with E-state index in [0.29, 0.717) is 24.8 Å². The summed E-state index contributed by atoms with van der Waals surface area (Å²) in [6.45, 7) is 1.76. The van der Waals surface area contributed by atoms with Crippen molar-refractivity contribution in [2.45, 2.75) is 25.4 Å². The zero-order valence-electron chi connectivity index (χ0n) is 11.1. The van der Waals surface area contributed by atoms with Crippen LogP contribution in [0.15, 0.2) is 22.7 Å². The standard InChI is InChI=1S/C14H18BrClN2O2/c15-11-2-1-10(12(16)7-11)8-18-14(19)13(17)9-3-5-20-6-4-9/h1-2,7,9,13H,3-6,8,17H2,(H,18,19). The molecule has 1 atom stereocenters. The highest BCUT2D eigenvalue weighted by atomic mass is 79.9. The minimum absolute atomic E-state index is 0.129. The van der Waals surface area contributed by atoms with Gasteiger partial charge in [0.2, 0.25) is 5.91 Å². The van der Waals surface area contributed by atoms with Crippen molar-refractivity contribution in [1.29, 1.82) is 0 Å². The molecular weight excluding hydrogens is 344 g/mol. The van der Waals surface area contributed by atoms with Crippen LogP contribution in [0.3, 0.4) is 0 Å². The first kappa shape index (κ1) is 15.8. The second-order valence-electron chi connectivity index (χ2n) is 4.93. The van der Waals surface area contributed by atoms with Gasteiger partial charge in [-0.05, 0) is 36.5 Å². The van der Waals surface area contributed by atoms with Gasteiger partial charge in [0.1, 0.15) is 0 Å². The SMILES string of the molecule is NC(C(=O)NCc1ccc(Br)cc1Cl)C1CCOCC1. The lowest BCUT2D eigenvalue weighted by atomic mass is 9.92. The second-order valence-corrected chi connectivity index (χ2v) is 6.25. The van der Waals surface area contributed by atoms with Crippen LogP contribution >= 0.6 is 27.5 Å². The predicted molar refractivity (Wildman–Crippen MR) is 82.5 cm³/mol. The van der Waals surface area contributed by atoms with Crippen molar-refractivity contribution in [3.63, 3.8) is 0 Å². The van der Waals surface area contributed by atoms with Gasteiger partial charge in [-0.3, -0.25) is 4.79 Å². The zero-order chi connectivity index (χ0) is 14.5. The Hall–Kier alpha value is -0.620. The van der Waals surface area contributed by atoms with Crippen LogP contribution in [0.5, 0.6) is 0 Å². The lowest BCUT2D eigenvalue weighted by Gasteiger charge is -2.26. The van der Waals surface area contributed by atoms with Gasteiger partial charge >= 0.3 is 0 Å². The van der Waals surface area contributed by atoms with Crippen LogP contribution in [0.4, 0.5) is 0 Å². The predicted octanol–water partition coefficient (Wildman–Crippen LogP) is 2.47. The molecule has 3 N–H and O–H groups in total. The molecular formula is C14H18BrClN2O2. The number of amides is 1. The molecule has 6 heteroatoms. The van der Waals surface area contributed by atoms with Crippen molar-refractivity contribution in [1.82, 2.24) is 5.32 Å². The zero-order valence-corrected chi connectivity index (χ0v) is 13.4. The van der Waals surface area contributed by atoms with E-state index in [4.69, 9.17) is 22.1 Å². The summed E-state index contributed by atoms with van der Waals surface area (Å²) in [5.41, 5.74) is 6.89. The fraction of sp³-hybridized carbons (Fsp3) is 0.500. The monoisotopic (exact) mass is 360 g/mol. The maximum absolute atomic E-state index is 12.1. The Morgan fingerprint density at radius 1 is 1.50 bits per heavy atom. The van der Waals surface area contributed by atoms with Crippen molar-refractivity contribution < 1.29 is 9.53 Å². The Balaban J connectivity index is 1.87. The van der Waals surface area contributed by atoms with E-state index < -0.39 is 6.04 Å². The number of hydrogen-bond acceptors (Lipinski definition) is 3. The van der Waals surface area contributed by atoms with E-state index >= 15 is 0 Å². The number of nitrogens with two attached hydrogens (primary N) is 1. The lowest BCUT2D eigenvalue weighted by Crippen LogP contribution is -2.46. The summed E-state index contributed by atoms with van der Waals surface area (Å²) in [7, 11) is 0. The van der Waals surface area contributed by atoms with Gasteiger partial charge in [-0.15, -0.1) is 0 Å². The summed E-state index contributed by atoms with van der Waals surface area (Å²) in [5, 5.41) is 3.48. The number of carbonyl (C=O) groups is 1. The van der Waals surface area contributed by atoms with E-state index in [1.165, 1.54) is 0 Å². The van der Waals surface area contributed by atoms with Gasteiger partial charge in [-0.25, -0.2) is 0 Å². The number of rotatable bonds is 4. The van der Waals surface area contributed by atoms with E-state index in [2.05, 4.69) is 21.2 Å². The number of carbonyl (C=O) groups excluding carboxylic acids is 1. The largest absolute Gasteiger partial charge is 0.381 e. The summed E-state index contributed by atoms with van der Waals surface area (Å²) < 4.78 is 6.19. The third-order valence-electron chi connectivity index (χ3n) is 3.54. The van der Waals surface area contributed by atoms with Crippen molar-refractivity contribution in [3.8, 4) is 0 Å². The molecule has 2 rings (SSSR count). The highest BCUT2D eigenvalue weighted by molar-refractivity contribution is 9.10. The van der Waals surface area contributed by atoms with E-state index in [1.54, 1.807) is 6.07 Å². The van der Waals surface area contributed by atoms with Crippen LogP contribution in [0.25, 0.3) is 0 Å². The van der Waals surface area contributed by atoms with E-state index in [9.17, 15) is 4.79 Å². The lowest BCUT2D eigenvalue weighted by molar-refractivity contribution is -0.124. The average Bonchev–Trinajstić information content (AvgIpc) is 2.46. The molecule has 4 nitrogen and oxygen atoms in total. The van der Waals surface area contributed by atoms with Gasteiger partial charge in [0.05, 0.1) is 6.04 Å². The van der Waals surface area contributed by atoms with Gasteiger partial charge in [-0.1, -0.05) is 33.6 Å². The summed E-state index contributed by atoms with van der Waals surface area (Å²) in [4.78, 5) is 12.1. The molecule has 0 aliphatic carbocycles. The topological polar surface area (TPSA) is 64.4 Å². The highest BCUT2D eigenvalue weighted by Crippen LogP contribution is 2.21. The molecule has 20 heavy (non-hydrogen) atoms. The number of hydrogen-bond donors (Lipinski definition) is 2. The van der Waals surface area contributed by atoms with Crippen molar-refractivity contribution in [3.05, 3.63) is 33.3 Å². The molecule has 1 aromatic rings. The molecule has 1 aromatic carbocycles. The van der Waals surface area contributed by atoms with Crippen molar-refractivity contribution in [2.75, 3.05) is 13.2 Å². The van der Waals surface area contributed by atoms with Crippen LogP contribution in [0.2, 0.25) is 5.02 Å². The molecule has 0 saturated carbocycles. The van der Waals surface area contributed by atoms with Crippen LogP contribution in [-0.4, -0.2) is 25.2 Å². The Bertz CT molecular complexity index is 478. The molecule has 0 bridgehead atoms. The Morgan fingerprint density at radius 2 is 2.20 bits per heavy atom. The summed E-state index contributed by atoms with van der Waals surface area (Å²) >= 11 is 9.46. The molecule has 1 fully saturated rings. The van der Waals surface area contributed by atoms with Crippen LogP contribution in [-0.2, 0) is 16.1 Å². The normalized spacial score (nSPS) is 17.8. The van der Waals surface area contributed by atoms with Gasteiger partial charge in [-0.2, -0.15) is 0 Å². The maximum Gasteiger partial charge on any atom is 0.237 e. The molecule has 1 saturated heterocycles. The second kappa shape index (κ2) is 7.41. The molecule has 0 spiro atoms. The summed E-state index contributed by atoms with van der Waals surface area (Å²) in [6.07, 6.45) is 1.68. The minimum Gasteiger partial charge on any atom is -0.381 e. The van der Waals surface area contributed by atoms with Crippen LogP contribution in [0, 0.1) is 5.92 Å². The molecule has 1 aliphatic heterocycles. The van der Waals surface area contributed by atoms with E-state index in [0.717, 1.165) is 22.9 Å². The van der Waals surface area contributed by atoms with E-state index in [-0.39, 0.29) is 11.8 Å². The summed E-state index contributed by atoms with van der Waals surface area (Å²) in [6, 6.07) is 5.10. The van der Waals surface area contributed by atoms with Crippen LogP contribution in [0.1, 0.15) is 18.4 Å². The third kappa shape index (κ3) is 4.19. The van der Waals surface area contributed by atoms with Gasteiger partial charge < -0.3 is 15.8 Å². The minimum atomic E-state index is -0.479. The fourth-order valence-electron chi connectivity index (χ4n) is 2.25. The molecule has 110 valence electrons. The van der Waals surface area contributed by atoms with Crippen molar-refractivity contribution >= 4 is 33.4 Å². The molecule has 0 radical (unpaired) electrons. The first-order chi connectivity index (χ1) is 9.58. The molecule has 1 aliphatic rings.